The normalized spacial score (nSPS) is 7.50. The molecule has 3 nitrogen and oxygen atoms in total. The van der Waals surface area contributed by atoms with Crippen LogP contribution in [0.1, 0.15) is 0 Å². The number of aromatic nitrogens is 2. The average molecular weight is 299 g/mol. The third-order valence-electron chi connectivity index (χ3n) is 0.845. The first-order chi connectivity index (χ1) is 5.35. The molecule has 0 fully saturated rings. The van der Waals surface area contributed by atoms with Crippen molar-refractivity contribution in [3.8, 4) is 0 Å². The van der Waals surface area contributed by atoms with Crippen molar-refractivity contribution in [3.63, 3.8) is 0 Å². The van der Waals surface area contributed by atoms with Gasteiger partial charge in [0.1, 0.15) is 0 Å². The van der Waals surface area contributed by atoms with Gasteiger partial charge in [-0.05, 0) is 0 Å². The first kappa shape index (κ1) is 14.4. The molecule has 0 aliphatic heterocycles. The van der Waals surface area contributed by atoms with E-state index in [1.807, 2.05) is 6.20 Å². The molecule has 70 valence electrons. The Morgan fingerprint density at radius 2 is 2.25 bits per heavy atom. The van der Waals surface area contributed by atoms with Gasteiger partial charge in [-0.3, -0.25) is 0 Å². The van der Waals surface area contributed by atoms with Gasteiger partial charge < -0.3 is 10.3 Å². The molecule has 0 spiro atoms. The van der Waals surface area contributed by atoms with Gasteiger partial charge in [-0.25, -0.2) is 4.98 Å². The number of nitrogens with zero attached hydrogens (tertiary/aromatic N) is 2. The van der Waals surface area contributed by atoms with E-state index in [1.54, 1.807) is 23.3 Å². The molecule has 0 bridgehead atoms. The second-order valence-electron chi connectivity index (χ2n) is 1.67. The minimum absolute atomic E-state index is 0. The highest BCUT2D eigenvalue weighted by molar-refractivity contribution is 9.09. The zero-order chi connectivity index (χ0) is 8.53. The Morgan fingerprint density at radius 3 is 2.42 bits per heavy atom. The Balaban J connectivity index is 0. The van der Waals surface area contributed by atoms with Crippen LogP contribution in [0.2, 0.25) is 0 Å². The van der Waals surface area contributed by atoms with Gasteiger partial charge in [0, 0.05) is 30.5 Å². The molecule has 1 aromatic rings. The number of halogens is 2. The quantitative estimate of drug-likeness (QED) is 0.848. The number of imidazole rings is 1. The lowest BCUT2D eigenvalue weighted by Crippen LogP contribution is -1.97. The van der Waals surface area contributed by atoms with E-state index < -0.39 is 0 Å². The van der Waals surface area contributed by atoms with Gasteiger partial charge in [0.25, 0.3) is 0 Å². The minimum Gasteiger partial charge on any atom is -0.330 e. The van der Waals surface area contributed by atoms with E-state index in [4.69, 9.17) is 5.73 Å². The Morgan fingerprint density at radius 1 is 1.67 bits per heavy atom. The molecule has 1 rings (SSSR count). The summed E-state index contributed by atoms with van der Waals surface area (Å²) < 4.78 is 1.78. The van der Waals surface area contributed by atoms with Crippen LogP contribution in [0.4, 0.5) is 0 Å². The summed E-state index contributed by atoms with van der Waals surface area (Å²) >= 11 is 3.12. The van der Waals surface area contributed by atoms with Gasteiger partial charge >= 0.3 is 0 Å². The van der Waals surface area contributed by atoms with Gasteiger partial charge in [0.2, 0.25) is 0 Å². The monoisotopic (exact) mass is 297 g/mol. The van der Waals surface area contributed by atoms with Crippen LogP contribution >= 0.6 is 32.9 Å². The Hall–Kier alpha value is -0.130. The summed E-state index contributed by atoms with van der Waals surface area (Å²) in [6, 6.07) is 0. The van der Waals surface area contributed by atoms with E-state index in [-0.39, 0.29) is 17.0 Å². The van der Waals surface area contributed by atoms with E-state index in [1.165, 1.54) is 0 Å². The summed E-state index contributed by atoms with van der Waals surface area (Å²) in [6.07, 6.45) is 6.91. The Labute approximate surface area is 91.6 Å². The maximum absolute atomic E-state index is 4.98. The molecule has 1 heterocycles. The van der Waals surface area contributed by atoms with Gasteiger partial charge in [0.15, 0.2) is 0 Å². The van der Waals surface area contributed by atoms with Crippen molar-refractivity contribution >= 4 is 39.1 Å². The molecule has 0 saturated carbocycles. The molecule has 0 saturated heterocycles. The van der Waals surface area contributed by atoms with Gasteiger partial charge in [-0.15, -0.1) is 17.0 Å². The molecule has 2 N–H and O–H groups in total. The first-order valence-electron chi connectivity index (χ1n) is 3.21. The van der Waals surface area contributed by atoms with Crippen LogP contribution in [0.15, 0.2) is 25.3 Å². The highest BCUT2D eigenvalue weighted by Gasteiger charge is 1.73. The fourth-order valence-electron chi connectivity index (χ4n) is 0.377. The molecular weight excluding hydrogens is 286 g/mol. The van der Waals surface area contributed by atoms with Crippen molar-refractivity contribution in [2.45, 2.75) is 0 Å². The van der Waals surface area contributed by atoms with E-state index >= 15 is 0 Å². The highest BCUT2D eigenvalue weighted by Crippen LogP contribution is 1.81. The summed E-state index contributed by atoms with van der Waals surface area (Å²) in [7, 11) is 0. The lowest BCUT2D eigenvalue weighted by molar-refractivity contribution is 1.14. The second-order valence-corrected chi connectivity index (χ2v) is 2.46. The highest BCUT2D eigenvalue weighted by atomic mass is 79.9. The van der Waals surface area contributed by atoms with Crippen molar-refractivity contribution in [2.24, 2.45) is 5.73 Å². The van der Waals surface area contributed by atoms with Gasteiger partial charge in [-0.2, -0.15) is 0 Å². The fraction of sp³-hybridized carbons (Fsp3) is 0.286. The van der Waals surface area contributed by atoms with Crippen molar-refractivity contribution in [3.05, 3.63) is 25.3 Å². The van der Waals surface area contributed by atoms with E-state index in [9.17, 15) is 0 Å². The predicted molar refractivity (Wildman–Crippen MR) is 61.8 cm³/mol. The lowest BCUT2D eigenvalue weighted by atomic mass is 10.8. The van der Waals surface area contributed by atoms with Crippen LogP contribution in [-0.2, 0) is 0 Å². The van der Waals surface area contributed by atoms with Crippen LogP contribution in [0.3, 0.4) is 0 Å². The number of nitrogens with two attached hydrogens (primary N) is 1. The maximum atomic E-state index is 4.98. The molecule has 1 aromatic heterocycles. The van der Waals surface area contributed by atoms with Crippen molar-refractivity contribution in [2.75, 3.05) is 11.9 Å². The van der Waals surface area contributed by atoms with Crippen molar-refractivity contribution < 1.29 is 0 Å². The molecule has 12 heavy (non-hydrogen) atoms. The second kappa shape index (κ2) is 10.9. The van der Waals surface area contributed by atoms with Crippen LogP contribution in [-0.4, -0.2) is 21.4 Å². The number of rotatable bonds is 2. The molecule has 0 amide bonds. The summed E-state index contributed by atoms with van der Waals surface area (Å²) in [6.45, 7) is 4.26. The average Bonchev–Trinajstić information content (AvgIpc) is 2.56. The van der Waals surface area contributed by atoms with Crippen LogP contribution < -0.4 is 5.73 Å². The first-order valence-corrected chi connectivity index (χ1v) is 4.33. The molecule has 0 atom stereocenters. The molecule has 0 unspecified atom stereocenters. The smallest absolute Gasteiger partial charge is 0.0986 e. The minimum atomic E-state index is 0. The number of alkyl halides is 1. The van der Waals surface area contributed by atoms with E-state index in [0.29, 0.717) is 0 Å². The maximum Gasteiger partial charge on any atom is 0.0986 e. The largest absolute Gasteiger partial charge is 0.330 e. The standard InChI is InChI=1S/C5H6N2.C2H6BrN.BrH/c1-2-7-4-3-6-5-7;3-1-2-4;/h2-5H,1H2;1-2,4H2;1H. The van der Waals surface area contributed by atoms with Crippen LogP contribution in [0.25, 0.3) is 6.20 Å². The third kappa shape index (κ3) is 7.97. The molecule has 0 radical (unpaired) electrons. The van der Waals surface area contributed by atoms with Gasteiger partial charge in [0.05, 0.1) is 6.33 Å². The van der Waals surface area contributed by atoms with Crippen molar-refractivity contribution in [1.29, 1.82) is 0 Å². The topological polar surface area (TPSA) is 43.8 Å². The molecule has 5 heteroatoms. The van der Waals surface area contributed by atoms with Crippen LogP contribution in [0.5, 0.6) is 0 Å². The lowest BCUT2D eigenvalue weighted by Gasteiger charge is -1.80. The predicted octanol–water partition coefficient (Wildman–Crippen LogP) is 1.90. The van der Waals surface area contributed by atoms with E-state index in [2.05, 4.69) is 27.5 Å². The van der Waals surface area contributed by atoms with Crippen molar-refractivity contribution in [1.82, 2.24) is 9.55 Å². The van der Waals surface area contributed by atoms with E-state index in [0.717, 1.165) is 11.9 Å². The Kier molecular flexibility index (Phi) is 13.0. The zero-order valence-corrected chi connectivity index (χ0v) is 9.99. The fourth-order valence-corrected chi connectivity index (χ4v) is 0.377. The number of hydrogen-bond acceptors (Lipinski definition) is 2. The van der Waals surface area contributed by atoms with Crippen LogP contribution in [0, 0.1) is 0 Å². The molecular formula is C7H13Br2N3. The number of hydrogen-bond donors (Lipinski definition) is 1. The zero-order valence-electron chi connectivity index (χ0n) is 6.69. The third-order valence-corrected chi connectivity index (χ3v) is 1.30. The SMILES string of the molecule is Br.C=Cn1ccnc1.NCCBr. The van der Waals surface area contributed by atoms with Gasteiger partial charge in [-0.1, -0.05) is 22.5 Å². The molecule has 0 aliphatic carbocycles. The summed E-state index contributed by atoms with van der Waals surface area (Å²) in [4.78, 5) is 3.78. The summed E-state index contributed by atoms with van der Waals surface area (Å²) in [5.41, 5.74) is 4.98. The summed E-state index contributed by atoms with van der Waals surface area (Å²) in [5, 5.41) is 0.910. The molecule has 0 aromatic carbocycles. The Bertz CT molecular complexity index is 173. The molecule has 0 aliphatic rings. The summed E-state index contributed by atoms with van der Waals surface area (Å²) in [5.74, 6) is 0.